The molecule has 5 nitrogen and oxygen atoms in total. The van der Waals surface area contributed by atoms with Gasteiger partial charge in [0, 0.05) is 10.6 Å². The van der Waals surface area contributed by atoms with Gasteiger partial charge in [-0.3, -0.25) is 14.5 Å². The smallest absolute Gasteiger partial charge is 0.293 e. The van der Waals surface area contributed by atoms with E-state index in [9.17, 15) is 9.59 Å². The second-order valence-corrected chi connectivity index (χ2v) is 11.0. The second kappa shape index (κ2) is 12.1. The molecule has 0 atom stereocenters. The summed E-state index contributed by atoms with van der Waals surface area (Å²) in [6, 6.07) is 16.2. The molecule has 0 aromatic heterocycles. The minimum Gasteiger partial charge on any atom is -0.490 e. The number of carbonyl (C=O) groups excluding carboxylic acids is 2. The number of amides is 2. The van der Waals surface area contributed by atoms with Crippen molar-refractivity contribution in [1.82, 2.24) is 4.90 Å². The average molecular weight is 675 g/mol. The largest absolute Gasteiger partial charge is 0.490 e. The fraction of sp³-hybridized carbons (Fsp3) is 0.154. The van der Waals surface area contributed by atoms with Crippen molar-refractivity contribution < 1.29 is 19.1 Å². The van der Waals surface area contributed by atoms with E-state index in [2.05, 4.69) is 22.6 Å². The maximum atomic E-state index is 13.0. The quantitative estimate of drug-likeness (QED) is 0.177. The number of ether oxygens (including phenoxy) is 2. The molecule has 0 unspecified atom stereocenters. The maximum absolute atomic E-state index is 13.0. The molecule has 0 radical (unpaired) electrons. The summed E-state index contributed by atoms with van der Waals surface area (Å²) in [6.45, 7) is 2.70. The summed E-state index contributed by atoms with van der Waals surface area (Å²) in [7, 11) is 0. The molecule has 0 spiro atoms. The van der Waals surface area contributed by atoms with Crippen LogP contribution in [-0.2, 0) is 17.9 Å². The van der Waals surface area contributed by atoms with Crippen LogP contribution in [0.3, 0.4) is 0 Å². The van der Waals surface area contributed by atoms with E-state index < -0.39 is 0 Å². The molecule has 10 heteroatoms. The van der Waals surface area contributed by atoms with Crippen LogP contribution in [0.15, 0.2) is 59.5 Å². The molecule has 0 aliphatic carbocycles. The predicted molar refractivity (Wildman–Crippen MR) is 154 cm³/mol. The van der Waals surface area contributed by atoms with Crippen LogP contribution in [0.1, 0.15) is 23.6 Å². The van der Waals surface area contributed by atoms with Crippen LogP contribution in [0.25, 0.3) is 6.08 Å². The van der Waals surface area contributed by atoms with Crippen molar-refractivity contribution in [3.05, 3.63) is 94.8 Å². The number of rotatable bonds is 8. The topological polar surface area (TPSA) is 55.8 Å². The van der Waals surface area contributed by atoms with Gasteiger partial charge in [-0.15, -0.1) is 0 Å². The Labute approximate surface area is 241 Å². The Morgan fingerprint density at radius 3 is 2.47 bits per heavy atom. The summed E-state index contributed by atoms with van der Waals surface area (Å²) in [5, 5.41) is 1.05. The molecule has 3 aromatic rings. The van der Waals surface area contributed by atoms with E-state index in [1.54, 1.807) is 30.3 Å². The van der Waals surface area contributed by atoms with E-state index in [4.69, 9.17) is 44.3 Å². The zero-order chi connectivity index (χ0) is 25.8. The minimum absolute atomic E-state index is 0.107. The molecule has 1 fully saturated rings. The Morgan fingerprint density at radius 1 is 0.972 bits per heavy atom. The van der Waals surface area contributed by atoms with Gasteiger partial charge in [0.05, 0.1) is 31.7 Å². The highest BCUT2D eigenvalue weighted by Crippen LogP contribution is 2.38. The lowest BCUT2D eigenvalue weighted by atomic mass is 10.1. The summed E-state index contributed by atoms with van der Waals surface area (Å²) >= 11 is 21.4. The zero-order valence-corrected chi connectivity index (χ0v) is 24.1. The Balaban J connectivity index is 1.56. The van der Waals surface area contributed by atoms with E-state index in [1.807, 2.05) is 37.3 Å². The lowest BCUT2D eigenvalue weighted by Crippen LogP contribution is -2.27. The van der Waals surface area contributed by atoms with Gasteiger partial charge in [-0.1, -0.05) is 59.1 Å². The normalized spacial score (nSPS) is 14.6. The van der Waals surface area contributed by atoms with Crippen LogP contribution in [-0.4, -0.2) is 22.7 Å². The molecule has 1 saturated heterocycles. The van der Waals surface area contributed by atoms with E-state index in [0.717, 1.165) is 20.9 Å². The highest BCUT2D eigenvalue weighted by molar-refractivity contribution is 14.1. The molecule has 4 rings (SSSR count). The summed E-state index contributed by atoms with van der Waals surface area (Å²) in [5.74, 6) is 0.753. The number of hydrogen-bond acceptors (Lipinski definition) is 5. The van der Waals surface area contributed by atoms with Gasteiger partial charge in [0.1, 0.15) is 6.61 Å². The van der Waals surface area contributed by atoms with Crippen molar-refractivity contribution in [3.8, 4) is 11.5 Å². The van der Waals surface area contributed by atoms with Crippen LogP contribution < -0.4 is 9.47 Å². The lowest BCUT2D eigenvalue weighted by molar-refractivity contribution is -0.123. The maximum Gasteiger partial charge on any atom is 0.293 e. The van der Waals surface area contributed by atoms with E-state index in [-0.39, 0.29) is 24.3 Å². The van der Waals surface area contributed by atoms with Gasteiger partial charge in [-0.2, -0.15) is 0 Å². The van der Waals surface area contributed by atoms with E-state index >= 15 is 0 Å². The molecule has 3 aromatic carbocycles. The highest BCUT2D eigenvalue weighted by Gasteiger charge is 2.35. The Bertz CT molecular complexity index is 1370. The molecule has 1 aliphatic heterocycles. The average Bonchev–Trinajstić information content (AvgIpc) is 3.09. The van der Waals surface area contributed by atoms with Gasteiger partial charge < -0.3 is 9.47 Å². The molecule has 0 N–H and O–H groups in total. The number of halogens is 4. The standard InChI is InChI=1S/C26H19Cl3INO4S/c1-2-34-22-11-16(10-21(30)24(22)35-14-17-5-3-4-6-18(17)27)12-23-25(32)31(26(33)36-23)13-15-7-8-19(28)20(29)9-15/h3-12H,2,13-14H2,1H3/b23-12+. The van der Waals surface area contributed by atoms with E-state index in [1.165, 1.54) is 4.90 Å². The van der Waals surface area contributed by atoms with Crippen molar-refractivity contribution in [2.24, 2.45) is 0 Å². The first kappa shape index (κ1) is 27.1. The third-order valence-electron chi connectivity index (χ3n) is 5.16. The first-order chi connectivity index (χ1) is 17.3. The van der Waals surface area contributed by atoms with Gasteiger partial charge in [0.2, 0.25) is 0 Å². The molecule has 186 valence electrons. The minimum atomic E-state index is -0.372. The predicted octanol–water partition coefficient (Wildman–Crippen LogP) is 8.47. The fourth-order valence-corrected chi connectivity index (χ4v) is 5.58. The van der Waals surface area contributed by atoms with Crippen LogP contribution in [0, 0.1) is 3.57 Å². The van der Waals surface area contributed by atoms with Crippen molar-refractivity contribution in [1.29, 1.82) is 0 Å². The van der Waals surface area contributed by atoms with Gasteiger partial charge in [-0.25, -0.2) is 0 Å². The van der Waals surface area contributed by atoms with Gasteiger partial charge in [-0.05, 0) is 88.8 Å². The van der Waals surface area contributed by atoms with Crippen molar-refractivity contribution in [2.75, 3.05) is 6.61 Å². The highest BCUT2D eigenvalue weighted by atomic mass is 127. The Morgan fingerprint density at radius 2 is 1.75 bits per heavy atom. The number of benzene rings is 3. The van der Waals surface area contributed by atoms with Gasteiger partial charge in [0.15, 0.2) is 11.5 Å². The third-order valence-corrected chi connectivity index (χ3v) is 7.97. The number of nitrogens with zero attached hydrogens (tertiary/aromatic N) is 1. The molecule has 1 heterocycles. The van der Waals surface area contributed by atoms with Crippen molar-refractivity contribution in [2.45, 2.75) is 20.1 Å². The van der Waals surface area contributed by atoms with Crippen molar-refractivity contribution in [3.63, 3.8) is 0 Å². The second-order valence-electron chi connectivity index (χ2n) is 7.66. The molecule has 36 heavy (non-hydrogen) atoms. The summed E-state index contributed by atoms with van der Waals surface area (Å²) in [5.41, 5.74) is 2.28. The lowest BCUT2D eigenvalue weighted by Gasteiger charge is -2.15. The fourth-order valence-electron chi connectivity index (χ4n) is 3.45. The number of imide groups is 1. The van der Waals surface area contributed by atoms with Crippen molar-refractivity contribution >= 4 is 86.4 Å². The molecular formula is C26H19Cl3INO4S. The molecule has 0 bridgehead atoms. The first-order valence-electron chi connectivity index (χ1n) is 10.8. The molecular weight excluding hydrogens is 656 g/mol. The third kappa shape index (κ3) is 6.31. The number of carbonyl (C=O) groups is 2. The van der Waals surface area contributed by atoms with Crippen LogP contribution in [0.2, 0.25) is 15.1 Å². The Kier molecular flexibility index (Phi) is 9.11. The van der Waals surface area contributed by atoms with E-state index in [0.29, 0.717) is 49.2 Å². The van der Waals surface area contributed by atoms with Gasteiger partial charge in [0.25, 0.3) is 11.1 Å². The zero-order valence-electron chi connectivity index (χ0n) is 18.9. The molecule has 2 amide bonds. The SMILES string of the molecule is CCOc1cc(/C=C2/SC(=O)N(Cc3ccc(Cl)c(Cl)c3)C2=O)cc(I)c1OCc1ccccc1Cl. The monoisotopic (exact) mass is 673 g/mol. The number of thioether (sulfide) groups is 1. The first-order valence-corrected chi connectivity index (χ1v) is 13.8. The van der Waals surface area contributed by atoms with Crippen LogP contribution in [0.5, 0.6) is 11.5 Å². The van der Waals surface area contributed by atoms with Crippen LogP contribution >= 0.6 is 69.2 Å². The number of hydrogen-bond donors (Lipinski definition) is 0. The molecule has 1 aliphatic rings. The van der Waals surface area contributed by atoms with Gasteiger partial charge >= 0.3 is 0 Å². The Hall–Kier alpha value is -1.91. The summed E-state index contributed by atoms with van der Waals surface area (Å²) in [4.78, 5) is 27.1. The summed E-state index contributed by atoms with van der Waals surface area (Å²) in [6.07, 6.45) is 1.68. The summed E-state index contributed by atoms with van der Waals surface area (Å²) < 4.78 is 12.7. The van der Waals surface area contributed by atoms with Crippen LogP contribution in [0.4, 0.5) is 4.79 Å². The molecule has 0 saturated carbocycles.